The smallest absolute Gasteiger partial charge is 0.128 e. The zero-order chi connectivity index (χ0) is 12.3. The molecule has 1 atom stereocenters. The summed E-state index contributed by atoms with van der Waals surface area (Å²) in [5.74, 6) is -0.0113. The Balaban J connectivity index is 1.93. The third-order valence-electron chi connectivity index (χ3n) is 3.61. The average molecular weight is 239 g/mol. The number of hydrogen-bond acceptors (Lipinski definition) is 1. The van der Waals surface area contributed by atoms with E-state index in [0.29, 0.717) is 11.5 Å². The summed E-state index contributed by atoms with van der Waals surface area (Å²) in [6.45, 7) is 2.78. The molecule has 1 aliphatic carbocycles. The Morgan fingerprint density at radius 1 is 1.29 bits per heavy atom. The van der Waals surface area contributed by atoms with Crippen molar-refractivity contribution in [1.82, 2.24) is 5.32 Å². The molecule has 1 saturated carbocycles. The molecular weight excluding hydrogens is 220 g/mol. The van der Waals surface area contributed by atoms with Gasteiger partial charge in [-0.15, -0.1) is 0 Å². The first kappa shape index (κ1) is 12.5. The predicted octanol–water partition coefficient (Wildman–Crippen LogP) is 3.81. The molecule has 0 heterocycles. The molecule has 1 nitrogen and oxygen atoms in total. The van der Waals surface area contributed by atoms with Gasteiger partial charge in [0.05, 0.1) is 0 Å². The van der Waals surface area contributed by atoms with Crippen LogP contribution in [-0.4, -0.2) is 6.54 Å². The second-order valence-corrected chi connectivity index (χ2v) is 4.95. The molecule has 1 fully saturated rings. The van der Waals surface area contributed by atoms with Gasteiger partial charge in [0, 0.05) is 11.6 Å². The van der Waals surface area contributed by atoms with Gasteiger partial charge in [0.1, 0.15) is 11.6 Å². The van der Waals surface area contributed by atoms with Crippen LogP contribution in [0.15, 0.2) is 18.2 Å². The molecule has 0 bridgehead atoms. The molecule has 2 rings (SSSR count). The van der Waals surface area contributed by atoms with E-state index < -0.39 is 0 Å². The van der Waals surface area contributed by atoms with Crippen LogP contribution in [0.1, 0.15) is 44.2 Å². The van der Waals surface area contributed by atoms with Gasteiger partial charge >= 0.3 is 0 Å². The van der Waals surface area contributed by atoms with Gasteiger partial charge in [-0.1, -0.05) is 12.8 Å². The average Bonchev–Trinajstić information content (AvgIpc) is 2.82. The maximum atomic E-state index is 13.5. The monoisotopic (exact) mass is 239 g/mol. The fourth-order valence-corrected chi connectivity index (χ4v) is 2.51. The van der Waals surface area contributed by atoms with Crippen molar-refractivity contribution in [2.45, 2.75) is 38.6 Å². The molecule has 0 aliphatic heterocycles. The van der Waals surface area contributed by atoms with Crippen LogP contribution in [0.25, 0.3) is 0 Å². The predicted molar refractivity (Wildman–Crippen MR) is 64.7 cm³/mol. The summed E-state index contributed by atoms with van der Waals surface area (Å²) in [5, 5.41) is 3.30. The lowest BCUT2D eigenvalue weighted by Gasteiger charge is -2.18. The van der Waals surface area contributed by atoms with Crippen molar-refractivity contribution in [3.8, 4) is 0 Å². The van der Waals surface area contributed by atoms with Crippen LogP contribution in [0, 0.1) is 17.6 Å². The normalized spacial score (nSPS) is 18.5. The lowest BCUT2D eigenvalue weighted by atomic mass is 10.0. The van der Waals surface area contributed by atoms with Crippen molar-refractivity contribution in [2.24, 2.45) is 5.92 Å². The number of rotatable bonds is 4. The molecule has 0 aromatic heterocycles. The lowest BCUT2D eigenvalue weighted by Crippen LogP contribution is -2.25. The molecule has 0 amide bonds. The maximum absolute atomic E-state index is 13.5. The van der Waals surface area contributed by atoms with Crippen LogP contribution >= 0.6 is 0 Å². The third-order valence-corrected chi connectivity index (χ3v) is 3.61. The van der Waals surface area contributed by atoms with Crippen molar-refractivity contribution in [1.29, 1.82) is 0 Å². The molecule has 1 aromatic carbocycles. The number of nitrogens with one attached hydrogen (secondary N) is 1. The Bertz CT molecular complexity index is 372. The van der Waals surface area contributed by atoms with Crippen LogP contribution < -0.4 is 5.32 Å². The van der Waals surface area contributed by atoms with Crippen LogP contribution in [0.5, 0.6) is 0 Å². The van der Waals surface area contributed by atoms with Gasteiger partial charge in [-0.25, -0.2) is 8.78 Å². The second kappa shape index (κ2) is 5.58. The minimum atomic E-state index is -0.379. The molecular formula is C14H19F2N. The van der Waals surface area contributed by atoms with Gasteiger partial charge in [-0.3, -0.25) is 0 Å². The van der Waals surface area contributed by atoms with E-state index in [4.69, 9.17) is 0 Å². The summed E-state index contributed by atoms with van der Waals surface area (Å²) in [4.78, 5) is 0. The molecule has 94 valence electrons. The van der Waals surface area contributed by atoms with E-state index in [9.17, 15) is 8.78 Å². The van der Waals surface area contributed by atoms with Gasteiger partial charge in [0.15, 0.2) is 0 Å². The van der Waals surface area contributed by atoms with E-state index in [0.717, 1.165) is 12.6 Å². The first-order valence-corrected chi connectivity index (χ1v) is 6.35. The summed E-state index contributed by atoms with van der Waals surface area (Å²) < 4.78 is 26.6. The molecule has 1 N–H and O–H groups in total. The Morgan fingerprint density at radius 3 is 2.71 bits per heavy atom. The number of hydrogen-bond donors (Lipinski definition) is 1. The van der Waals surface area contributed by atoms with Crippen LogP contribution in [0.2, 0.25) is 0 Å². The SMILES string of the molecule is CC(NCC1CCCC1)c1cc(F)ccc1F. The van der Waals surface area contributed by atoms with Crippen molar-refractivity contribution in [2.75, 3.05) is 6.54 Å². The quantitative estimate of drug-likeness (QED) is 0.842. The van der Waals surface area contributed by atoms with E-state index in [2.05, 4.69) is 5.32 Å². The first-order valence-electron chi connectivity index (χ1n) is 6.35. The molecule has 0 saturated heterocycles. The largest absolute Gasteiger partial charge is 0.310 e. The van der Waals surface area contributed by atoms with E-state index in [1.165, 1.54) is 37.8 Å². The lowest BCUT2D eigenvalue weighted by molar-refractivity contribution is 0.441. The third kappa shape index (κ3) is 3.25. The number of benzene rings is 1. The van der Waals surface area contributed by atoms with Crippen molar-refractivity contribution in [3.63, 3.8) is 0 Å². The molecule has 1 aromatic rings. The molecule has 0 radical (unpaired) electrons. The van der Waals surface area contributed by atoms with Crippen LogP contribution in [0.4, 0.5) is 8.78 Å². The van der Waals surface area contributed by atoms with E-state index in [1.54, 1.807) is 0 Å². The van der Waals surface area contributed by atoms with Gasteiger partial charge in [0.2, 0.25) is 0 Å². The van der Waals surface area contributed by atoms with Crippen molar-refractivity contribution >= 4 is 0 Å². The minimum absolute atomic E-state index is 0.133. The Kier molecular flexibility index (Phi) is 4.11. The fourth-order valence-electron chi connectivity index (χ4n) is 2.51. The van der Waals surface area contributed by atoms with Gasteiger partial charge in [-0.2, -0.15) is 0 Å². The van der Waals surface area contributed by atoms with Gasteiger partial charge in [-0.05, 0) is 50.4 Å². The summed E-state index contributed by atoms with van der Waals surface area (Å²) in [5.41, 5.74) is 0.419. The number of halogens is 2. The van der Waals surface area contributed by atoms with Crippen molar-refractivity contribution < 1.29 is 8.78 Å². The Morgan fingerprint density at radius 2 is 2.00 bits per heavy atom. The molecule has 17 heavy (non-hydrogen) atoms. The zero-order valence-corrected chi connectivity index (χ0v) is 10.2. The topological polar surface area (TPSA) is 12.0 Å². The Labute approximate surface area is 101 Å². The van der Waals surface area contributed by atoms with E-state index in [1.807, 2.05) is 6.92 Å². The summed E-state index contributed by atoms with van der Waals surface area (Å²) in [6, 6.07) is 3.49. The maximum Gasteiger partial charge on any atom is 0.128 e. The highest BCUT2D eigenvalue weighted by atomic mass is 19.1. The van der Waals surface area contributed by atoms with E-state index >= 15 is 0 Å². The standard InChI is InChI=1S/C14H19F2N/c1-10(17-9-11-4-2-3-5-11)13-8-12(15)6-7-14(13)16/h6-8,10-11,17H,2-5,9H2,1H3. The highest BCUT2D eigenvalue weighted by molar-refractivity contribution is 5.21. The zero-order valence-electron chi connectivity index (χ0n) is 10.2. The second-order valence-electron chi connectivity index (χ2n) is 4.95. The molecule has 1 unspecified atom stereocenters. The minimum Gasteiger partial charge on any atom is -0.310 e. The highest BCUT2D eigenvalue weighted by Crippen LogP contribution is 2.25. The summed E-state index contributed by atoms with van der Waals surface area (Å²) in [6.07, 6.45) is 5.11. The molecule has 3 heteroatoms. The van der Waals surface area contributed by atoms with E-state index in [-0.39, 0.29) is 17.7 Å². The van der Waals surface area contributed by atoms with Crippen LogP contribution in [-0.2, 0) is 0 Å². The van der Waals surface area contributed by atoms with Crippen LogP contribution in [0.3, 0.4) is 0 Å². The van der Waals surface area contributed by atoms with Crippen molar-refractivity contribution in [3.05, 3.63) is 35.4 Å². The first-order chi connectivity index (χ1) is 8.16. The summed E-state index contributed by atoms with van der Waals surface area (Å²) >= 11 is 0. The van der Waals surface area contributed by atoms with Gasteiger partial charge < -0.3 is 5.32 Å². The van der Waals surface area contributed by atoms with Gasteiger partial charge in [0.25, 0.3) is 0 Å². The molecule has 0 spiro atoms. The Hall–Kier alpha value is -0.960. The highest BCUT2D eigenvalue weighted by Gasteiger charge is 2.17. The summed E-state index contributed by atoms with van der Waals surface area (Å²) in [7, 11) is 0. The molecule has 1 aliphatic rings. The fraction of sp³-hybridized carbons (Fsp3) is 0.571.